The number of carbonyl (C=O) groups is 2. The molecule has 0 aromatic heterocycles. The van der Waals surface area contributed by atoms with Crippen LogP contribution < -0.4 is 10.6 Å². The van der Waals surface area contributed by atoms with Crippen molar-refractivity contribution in [1.29, 1.82) is 0 Å². The molecule has 0 fully saturated rings. The fourth-order valence-electron chi connectivity index (χ4n) is 1.43. The number of urea groups is 1. The predicted molar refractivity (Wildman–Crippen MR) is 71.4 cm³/mol. The fourth-order valence-corrected chi connectivity index (χ4v) is 1.43. The summed E-state index contributed by atoms with van der Waals surface area (Å²) in [6.45, 7) is 9.00. The second-order valence-corrected chi connectivity index (χ2v) is 5.14. The minimum absolute atomic E-state index is 0.186. The van der Waals surface area contributed by atoms with Gasteiger partial charge in [0.1, 0.15) is 0 Å². The van der Waals surface area contributed by atoms with Crippen molar-refractivity contribution >= 4 is 12.0 Å². The van der Waals surface area contributed by atoms with E-state index in [4.69, 9.17) is 5.11 Å². The number of amides is 2. The molecule has 5 nitrogen and oxygen atoms in total. The minimum atomic E-state index is -0.854. The van der Waals surface area contributed by atoms with Gasteiger partial charge < -0.3 is 15.7 Å². The summed E-state index contributed by atoms with van der Waals surface area (Å²) in [4.78, 5) is 22.4. The van der Waals surface area contributed by atoms with Crippen molar-refractivity contribution < 1.29 is 14.7 Å². The quantitative estimate of drug-likeness (QED) is 0.623. The molecule has 3 N–H and O–H groups in total. The number of aliphatic carboxylic acids is 1. The van der Waals surface area contributed by atoms with Crippen molar-refractivity contribution in [2.24, 2.45) is 17.8 Å². The average Bonchev–Trinajstić information content (AvgIpc) is 2.30. The van der Waals surface area contributed by atoms with Crippen LogP contribution in [0.4, 0.5) is 4.79 Å². The second-order valence-electron chi connectivity index (χ2n) is 5.14. The Labute approximate surface area is 109 Å². The first-order chi connectivity index (χ1) is 8.38. The summed E-state index contributed by atoms with van der Waals surface area (Å²) < 4.78 is 0. The number of hydrogen-bond acceptors (Lipinski definition) is 2. The maximum Gasteiger partial charge on any atom is 0.314 e. The molecule has 2 unspecified atom stereocenters. The molecule has 0 spiro atoms. The van der Waals surface area contributed by atoms with Crippen LogP contribution in [-0.4, -0.2) is 30.2 Å². The zero-order valence-electron chi connectivity index (χ0n) is 11.8. The zero-order chi connectivity index (χ0) is 14.1. The van der Waals surface area contributed by atoms with Crippen molar-refractivity contribution in [2.45, 2.75) is 40.5 Å². The van der Waals surface area contributed by atoms with E-state index in [1.165, 1.54) is 0 Å². The van der Waals surface area contributed by atoms with Gasteiger partial charge in [0, 0.05) is 13.1 Å². The molecule has 0 aromatic rings. The first kappa shape index (κ1) is 16.7. The molecular weight excluding hydrogens is 232 g/mol. The third-order valence-corrected chi connectivity index (χ3v) is 3.22. The van der Waals surface area contributed by atoms with Gasteiger partial charge >= 0.3 is 12.0 Å². The maximum absolute atomic E-state index is 11.5. The van der Waals surface area contributed by atoms with Gasteiger partial charge in [-0.05, 0) is 18.3 Å². The normalized spacial score (nSPS) is 14.1. The molecule has 0 aliphatic carbocycles. The molecule has 2 atom stereocenters. The first-order valence-corrected chi connectivity index (χ1v) is 6.62. The number of carboxylic acids is 1. The van der Waals surface area contributed by atoms with E-state index >= 15 is 0 Å². The van der Waals surface area contributed by atoms with Crippen molar-refractivity contribution in [2.75, 3.05) is 13.1 Å². The Bertz CT molecular complexity index is 267. The fraction of sp³-hybridized carbons (Fsp3) is 0.846. The third-order valence-electron chi connectivity index (χ3n) is 3.22. The summed E-state index contributed by atoms with van der Waals surface area (Å²) in [7, 11) is 0. The number of carbonyl (C=O) groups excluding carboxylic acids is 1. The molecule has 5 heteroatoms. The molecule has 0 heterocycles. The SMILES string of the molecule is CCCC(CNC(=O)NCC(C)C(C)C)C(=O)O. The van der Waals surface area contributed by atoms with Crippen molar-refractivity contribution in [3.05, 3.63) is 0 Å². The van der Waals surface area contributed by atoms with Crippen LogP contribution >= 0.6 is 0 Å². The number of carboxylic acid groups (broad SMARTS) is 1. The first-order valence-electron chi connectivity index (χ1n) is 6.62. The molecule has 0 rings (SSSR count). The van der Waals surface area contributed by atoms with Crippen molar-refractivity contribution in [1.82, 2.24) is 10.6 Å². The van der Waals surface area contributed by atoms with Crippen LogP contribution in [0.15, 0.2) is 0 Å². The van der Waals surface area contributed by atoms with Gasteiger partial charge in [0.05, 0.1) is 5.92 Å². The van der Waals surface area contributed by atoms with Crippen molar-refractivity contribution in [3.63, 3.8) is 0 Å². The average molecular weight is 258 g/mol. The van der Waals surface area contributed by atoms with Gasteiger partial charge in [-0.1, -0.05) is 34.1 Å². The van der Waals surface area contributed by atoms with Gasteiger partial charge in [0.2, 0.25) is 0 Å². The largest absolute Gasteiger partial charge is 0.481 e. The number of rotatable bonds is 8. The van der Waals surface area contributed by atoms with Gasteiger partial charge in [0.15, 0.2) is 0 Å². The topological polar surface area (TPSA) is 78.4 Å². The summed E-state index contributed by atoms with van der Waals surface area (Å²) in [5.74, 6) is -0.435. The molecule has 0 saturated carbocycles. The molecule has 0 saturated heterocycles. The van der Waals surface area contributed by atoms with E-state index in [2.05, 4.69) is 31.4 Å². The van der Waals surface area contributed by atoms with Crippen LogP contribution in [0.25, 0.3) is 0 Å². The Morgan fingerprint density at radius 2 is 1.67 bits per heavy atom. The molecule has 106 valence electrons. The van der Waals surface area contributed by atoms with Gasteiger partial charge in [-0.2, -0.15) is 0 Å². The Morgan fingerprint density at radius 3 is 2.11 bits per heavy atom. The molecule has 0 aromatic carbocycles. The Kier molecular flexibility index (Phi) is 8.16. The van der Waals surface area contributed by atoms with Gasteiger partial charge in [-0.3, -0.25) is 4.79 Å². The van der Waals surface area contributed by atoms with Crippen molar-refractivity contribution in [3.8, 4) is 0 Å². The highest BCUT2D eigenvalue weighted by molar-refractivity contribution is 5.75. The standard InChI is InChI=1S/C13H26N2O3/c1-5-6-11(12(16)17)8-15-13(18)14-7-10(4)9(2)3/h9-11H,5-8H2,1-4H3,(H,16,17)(H2,14,15,18). The minimum Gasteiger partial charge on any atom is -0.481 e. The zero-order valence-corrected chi connectivity index (χ0v) is 11.8. The highest BCUT2D eigenvalue weighted by Crippen LogP contribution is 2.07. The highest BCUT2D eigenvalue weighted by atomic mass is 16.4. The highest BCUT2D eigenvalue weighted by Gasteiger charge is 2.17. The van der Waals surface area contributed by atoms with E-state index < -0.39 is 11.9 Å². The van der Waals surface area contributed by atoms with E-state index in [1.54, 1.807) is 0 Å². The predicted octanol–water partition coefficient (Wildman–Crippen LogP) is 2.08. The van der Waals surface area contributed by atoms with Gasteiger partial charge in [0.25, 0.3) is 0 Å². The monoisotopic (exact) mass is 258 g/mol. The number of nitrogens with one attached hydrogen (secondary N) is 2. The molecule has 0 radical (unpaired) electrons. The maximum atomic E-state index is 11.5. The summed E-state index contributed by atoms with van der Waals surface area (Å²) >= 11 is 0. The lowest BCUT2D eigenvalue weighted by Gasteiger charge is -2.17. The van der Waals surface area contributed by atoms with E-state index in [9.17, 15) is 9.59 Å². The molecule has 0 aliphatic rings. The van der Waals surface area contributed by atoms with Gasteiger partial charge in [-0.25, -0.2) is 4.79 Å². The lowest BCUT2D eigenvalue weighted by molar-refractivity contribution is -0.141. The van der Waals surface area contributed by atoms with Gasteiger partial charge in [-0.15, -0.1) is 0 Å². The summed E-state index contributed by atoms with van der Waals surface area (Å²) in [6, 6.07) is -0.287. The molecular formula is C13H26N2O3. The molecule has 18 heavy (non-hydrogen) atoms. The third kappa shape index (κ3) is 7.14. The van der Waals surface area contributed by atoms with Crippen LogP contribution in [0.2, 0.25) is 0 Å². The van der Waals surface area contributed by atoms with E-state index in [0.29, 0.717) is 24.8 Å². The Balaban J connectivity index is 3.91. The molecule has 0 aliphatic heterocycles. The Hall–Kier alpha value is -1.26. The molecule has 2 amide bonds. The summed E-state index contributed by atoms with van der Waals surface area (Å²) in [6.07, 6.45) is 1.38. The molecule has 0 bridgehead atoms. The Morgan fingerprint density at radius 1 is 1.11 bits per heavy atom. The van der Waals surface area contributed by atoms with Crippen LogP contribution in [0.1, 0.15) is 40.5 Å². The van der Waals surface area contributed by atoms with Crippen LogP contribution in [-0.2, 0) is 4.79 Å². The van der Waals surface area contributed by atoms with E-state index in [0.717, 1.165) is 6.42 Å². The smallest absolute Gasteiger partial charge is 0.314 e. The lowest BCUT2D eigenvalue weighted by atomic mass is 9.98. The van der Waals surface area contributed by atoms with E-state index in [1.807, 2.05) is 6.92 Å². The second kappa shape index (κ2) is 8.78. The number of hydrogen-bond donors (Lipinski definition) is 3. The van der Waals surface area contributed by atoms with E-state index in [-0.39, 0.29) is 12.6 Å². The van der Waals surface area contributed by atoms with Crippen LogP contribution in [0.5, 0.6) is 0 Å². The lowest BCUT2D eigenvalue weighted by Crippen LogP contribution is -2.41. The van der Waals surface area contributed by atoms with Crippen LogP contribution in [0, 0.1) is 17.8 Å². The summed E-state index contributed by atoms with van der Waals surface area (Å²) in [5, 5.41) is 14.3. The van der Waals surface area contributed by atoms with Crippen LogP contribution in [0.3, 0.4) is 0 Å². The summed E-state index contributed by atoms with van der Waals surface area (Å²) in [5.41, 5.74) is 0.